The minimum Gasteiger partial charge on any atom is -0.342 e. The van der Waals surface area contributed by atoms with Gasteiger partial charge in [-0.05, 0) is 31.7 Å². The Labute approximate surface area is 86.6 Å². The minimum atomic E-state index is 0.300. The van der Waals surface area contributed by atoms with E-state index < -0.39 is 0 Å². The first kappa shape index (κ1) is 11.5. The SMILES string of the molecule is CCCC1CCN(C(=O)CCCN)C1. The maximum Gasteiger partial charge on any atom is 0.222 e. The Hall–Kier alpha value is -0.570. The van der Waals surface area contributed by atoms with Crippen molar-refractivity contribution in [3.63, 3.8) is 0 Å². The van der Waals surface area contributed by atoms with Gasteiger partial charge in [0.2, 0.25) is 5.91 Å². The molecule has 1 heterocycles. The summed E-state index contributed by atoms with van der Waals surface area (Å²) in [6, 6.07) is 0. The van der Waals surface area contributed by atoms with E-state index in [1.54, 1.807) is 0 Å². The van der Waals surface area contributed by atoms with Crippen molar-refractivity contribution in [1.82, 2.24) is 4.90 Å². The molecule has 1 aliphatic rings. The molecule has 1 amide bonds. The fourth-order valence-corrected chi connectivity index (χ4v) is 2.11. The Balaban J connectivity index is 2.23. The van der Waals surface area contributed by atoms with Gasteiger partial charge in [0.15, 0.2) is 0 Å². The van der Waals surface area contributed by atoms with Crippen molar-refractivity contribution in [2.75, 3.05) is 19.6 Å². The normalized spacial score (nSPS) is 21.6. The molecule has 0 bridgehead atoms. The first-order valence-electron chi connectivity index (χ1n) is 5.75. The molecular formula is C11H22N2O. The molecule has 0 aromatic heterocycles. The predicted molar refractivity (Wildman–Crippen MR) is 57.9 cm³/mol. The molecule has 14 heavy (non-hydrogen) atoms. The average molecular weight is 198 g/mol. The number of carbonyl (C=O) groups is 1. The predicted octanol–water partition coefficient (Wildman–Crippen LogP) is 1.37. The first-order chi connectivity index (χ1) is 6.77. The molecule has 0 radical (unpaired) electrons. The van der Waals surface area contributed by atoms with Crippen LogP contribution in [0.1, 0.15) is 39.0 Å². The maximum absolute atomic E-state index is 11.6. The van der Waals surface area contributed by atoms with Crippen LogP contribution in [0.2, 0.25) is 0 Å². The third-order valence-corrected chi connectivity index (χ3v) is 2.93. The summed E-state index contributed by atoms with van der Waals surface area (Å²) in [6.07, 6.45) is 5.15. The highest BCUT2D eigenvalue weighted by atomic mass is 16.2. The van der Waals surface area contributed by atoms with Crippen LogP contribution in [0.25, 0.3) is 0 Å². The molecule has 1 aliphatic heterocycles. The number of amides is 1. The van der Waals surface area contributed by atoms with Gasteiger partial charge in [-0.15, -0.1) is 0 Å². The number of hydrogen-bond acceptors (Lipinski definition) is 2. The number of nitrogens with zero attached hydrogens (tertiary/aromatic N) is 1. The summed E-state index contributed by atoms with van der Waals surface area (Å²) in [4.78, 5) is 13.6. The molecule has 1 fully saturated rings. The van der Waals surface area contributed by atoms with E-state index in [4.69, 9.17) is 5.73 Å². The van der Waals surface area contributed by atoms with E-state index in [2.05, 4.69) is 6.92 Å². The van der Waals surface area contributed by atoms with Crippen molar-refractivity contribution in [3.8, 4) is 0 Å². The van der Waals surface area contributed by atoms with E-state index in [-0.39, 0.29) is 0 Å². The largest absolute Gasteiger partial charge is 0.342 e. The van der Waals surface area contributed by atoms with Gasteiger partial charge in [-0.1, -0.05) is 13.3 Å². The molecule has 1 rings (SSSR count). The van der Waals surface area contributed by atoms with Gasteiger partial charge in [0.05, 0.1) is 0 Å². The second-order valence-electron chi connectivity index (χ2n) is 4.18. The van der Waals surface area contributed by atoms with Gasteiger partial charge in [-0.25, -0.2) is 0 Å². The highest BCUT2D eigenvalue weighted by Crippen LogP contribution is 2.21. The van der Waals surface area contributed by atoms with Gasteiger partial charge in [0.1, 0.15) is 0 Å². The molecule has 0 aromatic carbocycles. The van der Waals surface area contributed by atoms with Crippen molar-refractivity contribution < 1.29 is 4.79 Å². The smallest absolute Gasteiger partial charge is 0.222 e. The molecule has 82 valence electrons. The van der Waals surface area contributed by atoms with Crippen LogP contribution in [0.4, 0.5) is 0 Å². The number of nitrogens with two attached hydrogens (primary N) is 1. The summed E-state index contributed by atoms with van der Waals surface area (Å²) < 4.78 is 0. The van der Waals surface area contributed by atoms with Crippen LogP contribution >= 0.6 is 0 Å². The average Bonchev–Trinajstić information content (AvgIpc) is 2.63. The van der Waals surface area contributed by atoms with Crippen molar-refractivity contribution in [3.05, 3.63) is 0 Å². The van der Waals surface area contributed by atoms with Gasteiger partial charge in [0, 0.05) is 19.5 Å². The maximum atomic E-state index is 11.6. The van der Waals surface area contributed by atoms with Crippen LogP contribution in [-0.2, 0) is 4.79 Å². The lowest BCUT2D eigenvalue weighted by Gasteiger charge is -2.16. The van der Waals surface area contributed by atoms with Crippen LogP contribution in [0.3, 0.4) is 0 Å². The fourth-order valence-electron chi connectivity index (χ4n) is 2.11. The lowest BCUT2D eigenvalue weighted by Crippen LogP contribution is -2.28. The molecule has 2 N–H and O–H groups in total. The highest BCUT2D eigenvalue weighted by molar-refractivity contribution is 5.76. The third-order valence-electron chi connectivity index (χ3n) is 2.93. The second kappa shape index (κ2) is 6.02. The van der Waals surface area contributed by atoms with Gasteiger partial charge in [0.25, 0.3) is 0 Å². The topological polar surface area (TPSA) is 46.3 Å². The Morgan fingerprint density at radius 2 is 2.36 bits per heavy atom. The Bertz CT molecular complexity index is 182. The Morgan fingerprint density at radius 3 is 3.00 bits per heavy atom. The van der Waals surface area contributed by atoms with Crippen molar-refractivity contribution in [2.24, 2.45) is 11.7 Å². The fraction of sp³-hybridized carbons (Fsp3) is 0.909. The minimum absolute atomic E-state index is 0.300. The van der Waals surface area contributed by atoms with Crippen molar-refractivity contribution in [2.45, 2.75) is 39.0 Å². The van der Waals surface area contributed by atoms with Crippen LogP contribution < -0.4 is 5.73 Å². The quantitative estimate of drug-likeness (QED) is 0.725. The molecule has 1 unspecified atom stereocenters. The molecule has 1 atom stereocenters. The zero-order valence-electron chi connectivity index (χ0n) is 9.17. The number of rotatable bonds is 5. The Morgan fingerprint density at radius 1 is 1.57 bits per heavy atom. The van der Waals surface area contributed by atoms with Gasteiger partial charge >= 0.3 is 0 Å². The van der Waals surface area contributed by atoms with Crippen LogP contribution in [0.5, 0.6) is 0 Å². The van der Waals surface area contributed by atoms with Gasteiger partial charge in [-0.3, -0.25) is 4.79 Å². The molecule has 0 saturated carbocycles. The van der Waals surface area contributed by atoms with Crippen LogP contribution in [0, 0.1) is 5.92 Å². The van der Waals surface area contributed by atoms with Gasteiger partial charge in [-0.2, -0.15) is 0 Å². The molecule has 1 saturated heterocycles. The molecule has 0 aromatic rings. The number of carbonyl (C=O) groups excluding carboxylic acids is 1. The van der Waals surface area contributed by atoms with E-state index in [1.165, 1.54) is 19.3 Å². The van der Waals surface area contributed by atoms with Gasteiger partial charge < -0.3 is 10.6 Å². The summed E-state index contributed by atoms with van der Waals surface area (Å²) in [5.41, 5.74) is 5.38. The second-order valence-corrected chi connectivity index (χ2v) is 4.18. The summed E-state index contributed by atoms with van der Waals surface area (Å²) in [7, 11) is 0. The van der Waals surface area contributed by atoms with E-state index in [9.17, 15) is 4.79 Å². The summed E-state index contributed by atoms with van der Waals surface area (Å²) in [6.45, 7) is 4.78. The summed E-state index contributed by atoms with van der Waals surface area (Å²) in [5.74, 6) is 1.05. The summed E-state index contributed by atoms with van der Waals surface area (Å²) >= 11 is 0. The van der Waals surface area contributed by atoms with E-state index in [1.807, 2.05) is 4.90 Å². The third kappa shape index (κ3) is 3.29. The van der Waals surface area contributed by atoms with Crippen LogP contribution in [-0.4, -0.2) is 30.4 Å². The summed E-state index contributed by atoms with van der Waals surface area (Å²) in [5, 5.41) is 0. The molecule has 0 spiro atoms. The molecule has 3 nitrogen and oxygen atoms in total. The molecular weight excluding hydrogens is 176 g/mol. The number of hydrogen-bond donors (Lipinski definition) is 1. The van der Waals surface area contributed by atoms with E-state index in [0.717, 1.165) is 25.4 Å². The van der Waals surface area contributed by atoms with Crippen LogP contribution in [0.15, 0.2) is 0 Å². The van der Waals surface area contributed by atoms with E-state index >= 15 is 0 Å². The highest BCUT2D eigenvalue weighted by Gasteiger charge is 2.24. The number of likely N-dealkylation sites (tertiary alicyclic amines) is 1. The lowest BCUT2D eigenvalue weighted by atomic mass is 10.0. The molecule has 3 heteroatoms. The molecule has 0 aliphatic carbocycles. The van der Waals surface area contributed by atoms with E-state index in [0.29, 0.717) is 18.9 Å². The van der Waals surface area contributed by atoms with Crippen molar-refractivity contribution in [1.29, 1.82) is 0 Å². The zero-order chi connectivity index (χ0) is 10.4. The standard InChI is InChI=1S/C11H22N2O/c1-2-4-10-6-8-13(9-10)11(14)5-3-7-12/h10H,2-9,12H2,1H3. The lowest BCUT2D eigenvalue weighted by molar-refractivity contribution is -0.130. The van der Waals surface area contributed by atoms with Crippen molar-refractivity contribution >= 4 is 5.91 Å². The first-order valence-corrected chi connectivity index (χ1v) is 5.75. The monoisotopic (exact) mass is 198 g/mol. The Kier molecular flexibility index (Phi) is 4.94. The zero-order valence-corrected chi connectivity index (χ0v) is 9.17.